The lowest BCUT2D eigenvalue weighted by molar-refractivity contribution is -0.189. The fourth-order valence-corrected chi connectivity index (χ4v) is 3.22. The highest BCUT2D eigenvalue weighted by Gasteiger charge is 2.46. The van der Waals surface area contributed by atoms with E-state index in [1.165, 1.54) is 12.3 Å². The second kappa shape index (κ2) is 7.38. The Morgan fingerprint density at radius 1 is 1.39 bits per heavy atom. The van der Waals surface area contributed by atoms with Crippen molar-refractivity contribution in [2.45, 2.75) is 51.4 Å². The average Bonchev–Trinajstić information content (AvgIpc) is 3.37. The van der Waals surface area contributed by atoms with Gasteiger partial charge in [0.15, 0.2) is 6.10 Å². The maximum Gasteiger partial charge on any atom is 0.425 e. The van der Waals surface area contributed by atoms with Gasteiger partial charge in [0, 0.05) is 18.0 Å². The van der Waals surface area contributed by atoms with Crippen molar-refractivity contribution < 1.29 is 22.7 Å². The molecule has 1 aliphatic rings. The summed E-state index contributed by atoms with van der Waals surface area (Å²) in [5, 5.41) is 10.1. The molecule has 0 spiro atoms. The Morgan fingerprint density at radius 2 is 2.07 bits per heavy atom. The molecule has 0 aromatic carbocycles. The molecule has 1 fully saturated rings. The van der Waals surface area contributed by atoms with Gasteiger partial charge in [0.1, 0.15) is 11.4 Å². The van der Waals surface area contributed by atoms with Crippen LogP contribution in [0.5, 0.6) is 5.75 Å². The monoisotopic (exact) mass is 460 g/mol. The van der Waals surface area contributed by atoms with Gasteiger partial charge in [0.2, 0.25) is 0 Å². The second-order valence-electron chi connectivity index (χ2n) is 7.17. The number of aromatic amines is 1. The van der Waals surface area contributed by atoms with E-state index >= 15 is 0 Å². The van der Waals surface area contributed by atoms with Crippen LogP contribution in [0.2, 0.25) is 0 Å². The lowest BCUT2D eigenvalue weighted by atomic mass is 9.91. The van der Waals surface area contributed by atoms with E-state index in [4.69, 9.17) is 4.74 Å². The molecule has 6 nitrogen and oxygen atoms in total. The Balaban J connectivity index is 1.83. The third-order valence-electron chi connectivity index (χ3n) is 4.82. The van der Waals surface area contributed by atoms with Gasteiger partial charge in [0.25, 0.3) is 5.91 Å². The Kier molecular flexibility index (Phi) is 5.44. The van der Waals surface area contributed by atoms with Gasteiger partial charge < -0.3 is 10.1 Å². The fraction of sp³-hybridized carbons (Fsp3) is 0.500. The predicted octanol–water partition coefficient (Wildman–Crippen LogP) is 4.26. The number of amides is 1. The van der Waals surface area contributed by atoms with E-state index in [2.05, 4.69) is 36.4 Å². The van der Waals surface area contributed by atoms with Crippen molar-refractivity contribution in [1.82, 2.24) is 20.5 Å². The summed E-state index contributed by atoms with van der Waals surface area (Å²) in [7, 11) is 0. The molecule has 2 aromatic heterocycles. The molecule has 1 unspecified atom stereocenters. The summed E-state index contributed by atoms with van der Waals surface area (Å²) in [4.78, 5) is 16.8. The lowest BCUT2D eigenvalue weighted by Gasteiger charge is -2.29. The van der Waals surface area contributed by atoms with Gasteiger partial charge in [-0.05, 0) is 61.5 Å². The number of ether oxygens (including phenoxy) is 1. The Bertz CT molecular complexity index is 882. The molecular formula is C18H20BrF3N4O2. The Hall–Kier alpha value is -2.10. The van der Waals surface area contributed by atoms with E-state index in [0.717, 1.165) is 25.5 Å². The van der Waals surface area contributed by atoms with Crippen molar-refractivity contribution in [3.8, 4) is 5.75 Å². The van der Waals surface area contributed by atoms with Crippen LogP contribution in [0.1, 0.15) is 48.6 Å². The van der Waals surface area contributed by atoms with E-state index in [-0.39, 0.29) is 21.8 Å². The molecule has 1 saturated carbocycles. The average molecular weight is 461 g/mol. The molecule has 1 amide bonds. The number of nitrogens with zero attached hydrogens (tertiary/aromatic N) is 2. The van der Waals surface area contributed by atoms with Gasteiger partial charge in [-0.3, -0.25) is 9.89 Å². The summed E-state index contributed by atoms with van der Waals surface area (Å²) >= 11 is 3.11. The zero-order chi connectivity index (χ0) is 20.7. The molecule has 10 heteroatoms. The molecule has 2 heterocycles. The second-order valence-corrected chi connectivity index (χ2v) is 8.02. The quantitative estimate of drug-likeness (QED) is 0.674. The molecule has 0 radical (unpaired) electrons. The van der Waals surface area contributed by atoms with Gasteiger partial charge in [-0.2, -0.15) is 18.3 Å². The van der Waals surface area contributed by atoms with E-state index < -0.39 is 23.7 Å². The van der Waals surface area contributed by atoms with Gasteiger partial charge in [0.05, 0.1) is 15.7 Å². The Labute approximate surface area is 168 Å². The highest BCUT2D eigenvalue weighted by Crippen LogP contribution is 2.45. The maximum absolute atomic E-state index is 12.8. The number of alkyl halides is 3. The van der Waals surface area contributed by atoms with Gasteiger partial charge in [-0.1, -0.05) is 0 Å². The van der Waals surface area contributed by atoms with Crippen molar-refractivity contribution in [2.24, 2.45) is 5.92 Å². The summed E-state index contributed by atoms with van der Waals surface area (Å²) in [5.41, 5.74) is 0.846. The van der Waals surface area contributed by atoms with Crippen molar-refractivity contribution in [1.29, 1.82) is 0 Å². The number of carbonyl (C=O) groups is 1. The highest BCUT2D eigenvalue weighted by atomic mass is 79.9. The van der Waals surface area contributed by atoms with E-state index in [9.17, 15) is 18.0 Å². The molecule has 28 heavy (non-hydrogen) atoms. The predicted molar refractivity (Wildman–Crippen MR) is 98.9 cm³/mol. The molecule has 1 aliphatic carbocycles. The number of pyridine rings is 1. The first kappa shape index (κ1) is 20.6. The van der Waals surface area contributed by atoms with E-state index in [1.807, 2.05) is 19.9 Å². The Morgan fingerprint density at radius 3 is 2.61 bits per heavy atom. The SMILES string of the molecule is Cc1cc(C(C)(NC(=O)c2cc(O[C@@H](C)C(F)(F)F)c(Br)cn2)C2CC2)n[nH]1. The minimum atomic E-state index is -4.52. The van der Waals surface area contributed by atoms with Gasteiger partial charge in [-0.15, -0.1) is 0 Å². The first-order valence-corrected chi connectivity index (χ1v) is 9.54. The van der Waals surface area contributed by atoms with Crippen LogP contribution in [0.3, 0.4) is 0 Å². The fourth-order valence-electron chi connectivity index (χ4n) is 2.91. The normalized spacial score (nSPS) is 17.7. The number of hydrogen-bond acceptors (Lipinski definition) is 4. The molecule has 152 valence electrons. The third kappa shape index (κ3) is 4.31. The number of nitrogens with one attached hydrogen (secondary N) is 2. The van der Waals surface area contributed by atoms with Crippen molar-refractivity contribution >= 4 is 21.8 Å². The molecule has 0 aliphatic heterocycles. The van der Waals surface area contributed by atoms with Crippen LogP contribution in [0.4, 0.5) is 13.2 Å². The zero-order valence-electron chi connectivity index (χ0n) is 15.5. The first-order chi connectivity index (χ1) is 13.0. The van der Waals surface area contributed by atoms with Crippen molar-refractivity contribution in [3.63, 3.8) is 0 Å². The smallest absolute Gasteiger partial charge is 0.425 e. The van der Waals surface area contributed by atoms with Crippen molar-refractivity contribution in [3.05, 3.63) is 39.9 Å². The lowest BCUT2D eigenvalue weighted by Crippen LogP contribution is -2.46. The van der Waals surface area contributed by atoms with E-state index in [0.29, 0.717) is 5.69 Å². The zero-order valence-corrected chi connectivity index (χ0v) is 17.1. The van der Waals surface area contributed by atoms with Crippen LogP contribution >= 0.6 is 15.9 Å². The van der Waals surface area contributed by atoms with Crippen molar-refractivity contribution in [2.75, 3.05) is 0 Å². The topological polar surface area (TPSA) is 79.9 Å². The first-order valence-electron chi connectivity index (χ1n) is 8.74. The largest absolute Gasteiger partial charge is 0.480 e. The summed E-state index contributed by atoms with van der Waals surface area (Å²) in [6.07, 6.45) is -3.39. The number of H-pyrrole nitrogens is 1. The number of carbonyl (C=O) groups excluding carboxylic acids is 1. The maximum atomic E-state index is 12.8. The summed E-state index contributed by atoms with van der Waals surface area (Å²) in [6, 6.07) is 3.07. The van der Waals surface area contributed by atoms with Gasteiger partial charge >= 0.3 is 6.18 Å². The highest BCUT2D eigenvalue weighted by molar-refractivity contribution is 9.10. The molecular weight excluding hydrogens is 441 g/mol. The third-order valence-corrected chi connectivity index (χ3v) is 5.42. The molecule has 2 atom stereocenters. The molecule has 3 rings (SSSR count). The summed E-state index contributed by atoms with van der Waals surface area (Å²) in [6.45, 7) is 4.66. The summed E-state index contributed by atoms with van der Waals surface area (Å²) in [5.74, 6) is -0.378. The summed E-state index contributed by atoms with van der Waals surface area (Å²) < 4.78 is 43.6. The van der Waals surface area contributed by atoms with Crippen LogP contribution < -0.4 is 10.1 Å². The van der Waals surface area contributed by atoms with Crippen LogP contribution in [-0.2, 0) is 5.54 Å². The minimum absolute atomic E-state index is 0.0355. The minimum Gasteiger partial charge on any atom is -0.480 e. The van der Waals surface area contributed by atoms with Crippen LogP contribution in [0, 0.1) is 12.8 Å². The van der Waals surface area contributed by atoms with Crippen LogP contribution in [0.15, 0.2) is 22.8 Å². The molecule has 2 N–H and O–H groups in total. The number of halogens is 4. The molecule has 0 bridgehead atoms. The molecule has 2 aromatic rings. The standard InChI is InChI=1S/C18H20BrF3N4O2/c1-9-6-15(26-25-9)17(3,11-4-5-11)24-16(27)13-7-14(12(19)8-23-13)28-10(2)18(20,21)22/h6-8,10-11H,4-5H2,1-3H3,(H,24,27)(H,25,26)/t10-,17?/m0/s1. The number of aryl methyl sites for hydroxylation is 1. The van der Waals surface area contributed by atoms with Crippen LogP contribution in [-0.4, -0.2) is 33.4 Å². The number of hydrogen-bond donors (Lipinski definition) is 2. The number of aromatic nitrogens is 3. The number of rotatable bonds is 6. The molecule has 0 saturated heterocycles. The van der Waals surface area contributed by atoms with Gasteiger partial charge in [-0.25, -0.2) is 4.98 Å². The van der Waals surface area contributed by atoms with E-state index in [1.54, 1.807) is 0 Å². The van der Waals surface area contributed by atoms with Crippen LogP contribution in [0.25, 0.3) is 0 Å².